The Morgan fingerprint density at radius 3 is 2.33 bits per heavy atom. The van der Waals surface area contributed by atoms with Gasteiger partial charge >= 0.3 is 11.9 Å². The van der Waals surface area contributed by atoms with Crippen LogP contribution < -0.4 is 19.9 Å². The second-order valence-electron chi connectivity index (χ2n) is 8.81. The van der Waals surface area contributed by atoms with Crippen LogP contribution in [0, 0.1) is 5.41 Å². The summed E-state index contributed by atoms with van der Waals surface area (Å²) < 4.78 is 21.1. The second-order valence-corrected chi connectivity index (χ2v) is 8.81. The molecule has 2 saturated heterocycles. The van der Waals surface area contributed by atoms with Crippen LogP contribution in [0.2, 0.25) is 0 Å². The molecule has 0 amide bonds. The Bertz CT molecular complexity index is 915. The van der Waals surface area contributed by atoms with E-state index in [2.05, 4.69) is 10.2 Å². The summed E-state index contributed by atoms with van der Waals surface area (Å²) in [5.74, 6) is -0.672. The lowest BCUT2D eigenvalue weighted by atomic mass is 9.71. The molecule has 1 aromatic carbocycles. The molecular weight excluding hydrogens is 426 g/mol. The number of hydrogen-bond acceptors (Lipinski definition) is 9. The minimum Gasteiger partial charge on any atom is -0.494 e. The number of carbonyl (C=O) groups excluding carboxylic acids is 2. The number of nitrogens with one attached hydrogen (secondary N) is 1. The van der Waals surface area contributed by atoms with E-state index in [4.69, 9.17) is 18.9 Å². The monoisotopic (exact) mass is 459 g/mol. The normalized spacial score (nSPS) is 20.6. The van der Waals surface area contributed by atoms with E-state index >= 15 is 0 Å². The topological polar surface area (TPSA) is 89.6 Å². The lowest BCUT2D eigenvalue weighted by molar-refractivity contribution is -0.140. The van der Waals surface area contributed by atoms with Crippen LogP contribution in [0.4, 0.5) is 11.4 Å². The predicted molar refractivity (Wildman–Crippen MR) is 123 cm³/mol. The van der Waals surface area contributed by atoms with Crippen LogP contribution in [0.3, 0.4) is 0 Å². The van der Waals surface area contributed by atoms with Crippen molar-refractivity contribution in [1.82, 2.24) is 5.32 Å². The number of piperidine rings is 2. The number of methoxy groups -OCH3 is 3. The van der Waals surface area contributed by atoms with Crippen molar-refractivity contribution < 1.29 is 28.5 Å². The van der Waals surface area contributed by atoms with Crippen LogP contribution in [0.15, 0.2) is 29.5 Å². The van der Waals surface area contributed by atoms with Gasteiger partial charge in [0.05, 0.1) is 39.2 Å². The minimum atomic E-state index is -0.631. The third-order valence-corrected chi connectivity index (χ3v) is 7.14. The molecule has 9 heteroatoms. The molecule has 3 aliphatic heterocycles. The van der Waals surface area contributed by atoms with Crippen LogP contribution in [-0.4, -0.2) is 72.8 Å². The van der Waals surface area contributed by atoms with Gasteiger partial charge in [-0.1, -0.05) is 0 Å². The minimum absolute atomic E-state index is 0.0287. The SMILES string of the molecule is COC(=O)C1=C(C(=O)OC)N(c2ccc(N3CCC4(CCNCC4)CC3)cc2OC)COC1. The maximum atomic E-state index is 12.6. The molecule has 33 heavy (non-hydrogen) atoms. The lowest BCUT2D eigenvalue weighted by Crippen LogP contribution is -2.45. The summed E-state index contributed by atoms with van der Waals surface area (Å²) in [6.45, 7) is 4.30. The maximum Gasteiger partial charge on any atom is 0.355 e. The van der Waals surface area contributed by atoms with Crippen LogP contribution in [0.25, 0.3) is 0 Å². The summed E-state index contributed by atoms with van der Waals surface area (Å²) >= 11 is 0. The highest BCUT2D eigenvalue weighted by molar-refractivity contribution is 6.03. The van der Waals surface area contributed by atoms with E-state index in [1.54, 1.807) is 12.0 Å². The van der Waals surface area contributed by atoms with Crippen molar-refractivity contribution in [2.24, 2.45) is 5.41 Å². The molecule has 2 fully saturated rings. The van der Waals surface area contributed by atoms with Gasteiger partial charge in [0, 0.05) is 24.8 Å². The van der Waals surface area contributed by atoms with Crippen LogP contribution in [0.5, 0.6) is 5.75 Å². The third kappa shape index (κ3) is 4.65. The number of carbonyl (C=O) groups is 2. The van der Waals surface area contributed by atoms with E-state index in [1.165, 1.54) is 39.9 Å². The van der Waals surface area contributed by atoms with Crippen LogP contribution in [0.1, 0.15) is 25.7 Å². The molecule has 0 saturated carbocycles. The van der Waals surface area contributed by atoms with Crippen molar-refractivity contribution in [2.45, 2.75) is 25.7 Å². The molecule has 0 unspecified atom stereocenters. The van der Waals surface area contributed by atoms with Gasteiger partial charge < -0.3 is 34.1 Å². The quantitative estimate of drug-likeness (QED) is 0.665. The molecule has 0 bridgehead atoms. The van der Waals surface area contributed by atoms with Gasteiger partial charge in [-0.2, -0.15) is 0 Å². The van der Waals surface area contributed by atoms with Gasteiger partial charge in [0.15, 0.2) is 0 Å². The summed E-state index contributed by atoms with van der Waals surface area (Å²) in [4.78, 5) is 28.9. The van der Waals surface area contributed by atoms with Gasteiger partial charge in [-0.05, 0) is 56.3 Å². The highest BCUT2D eigenvalue weighted by Crippen LogP contribution is 2.42. The molecule has 9 nitrogen and oxygen atoms in total. The summed E-state index contributed by atoms with van der Waals surface area (Å²) in [5.41, 5.74) is 2.39. The number of anilines is 2. The Balaban J connectivity index is 1.60. The first kappa shape index (κ1) is 23.4. The molecule has 180 valence electrons. The number of esters is 2. The summed E-state index contributed by atoms with van der Waals surface area (Å²) in [6, 6.07) is 5.91. The first-order valence-electron chi connectivity index (χ1n) is 11.4. The first-order valence-corrected chi connectivity index (χ1v) is 11.4. The molecule has 1 spiro atoms. The first-order chi connectivity index (χ1) is 16.0. The van der Waals surface area contributed by atoms with E-state index in [9.17, 15) is 9.59 Å². The fraction of sp³-hybridized carbons (Fsp3) is 0.583. The maximum absolute atomic E-state index is 12.6. The number of hydrogen-bond donors (Lipinski definition) is 1. The second kappa shape index (κ2) is 10.0. The van der Waals surface area contributed by atoms with Crippen molar-refractivity contribution in [3.8, 4) is 5.75 Å². The van der Waals surface area contributed by atoms with Gasteiger partial charge in [0.2, 0.25) is 0 Å². The predicted octanol–water partition coefficient (Wildman–Crippen LogP) is 2.06. The lowest BCUT2D eigenvalue weighted by Gasteiger charge is -2.45. The average molecular weight is 460 g/mol. The Kier molecular flexibility index (Phi) is 7.09. The highest BCUT2D eigenvalue weighted by Gasteiger charge is 2.36. The van der Waals surface area contributed by atoms with Crippen molar-refractivity contribution >= 4 is 23.3 Å². The molecule has 1 aromatic rings. The molecule has 0 atom stereocenters. The third-order valence-electron chi connectivity index (χ3n) is 7.14. The number of rotatable bonds is 5. The fourth-order valence-corrected chi connectivity index (χ4v) is 5.12. The molecule has 4 rings (SSSR count). The number of ether oxygens (including phenoxy) is 4. The van der Waals surface area contributed by atoms with E-state index < -0.39 is 11.9 Å². The van der Waals surface area contributed by atoms with Gasteiger partial charge in [0.1, 0.15) is 18.2 Å². The Morgan fingerprint density at radius 2 is 1.70 bits per heavy atom. The summed E-state index contributed by atoms with van der Waals surface area (Å²) in [6.07, 6.45) is 4.89. The zero-order valence-electron chi connectivity index (χ0n) is 19.6. The van der Waals surface area contributed by atoms with Crippen LogP contribution >= 0.6 is 0 Å². The van der Waals surface area contributed by atoms with Gasteiger partial charge in [0.25, 0.3) is 0 Å². The molecule has 1 N–H and O–H groups in total. The average Bonchev–Trinajstić information content (AvgIpc) is 2.88. The van der Waals surface area contributed by atoms with Crippen molar-refractivity contribution in [3.63, 3.8) is 0 Å². The zero-order chi connectivity index (χ0) is 23.4. The zero-order valence-corrected chi connectivity index (χ0v) is 19.6. The number of benzene rings is 1. The Hall–Kier alpha value is -2.78. The van der Waals surface area contributed by atoms with Crippen LogP contribution in [-0.2, 0) is 23.8 Å². The standard InChI is InChI=1S/C24H33N3O6/c1-30-20-14-17(26-12-8-24(9-13-26)6-10-25-11-7-24)4-5-19(20)27-16-33-15-18(22(28)31-2)21(27)23(29)32-3/h4-5,14,25H,6-13,15-16H2,1-3H3. The molecule has 3 aliphatic rings. The van der Waals surface area contributed by atoms with E-state index in [1.807, 2.05) is 18.2 Å². The molecule has 3 heterocycles. The molecule has 0 aliphatic carbocycles. The highest BCUT2D eigenvalue weighted by atomic mass is 16.5. The Morgan fingerprint density at radius 1 is 1.00 bits per heavy atom. The van der Waals surface area contributed by atoms with E-state index in [0.717, 1.165) is 31.9 Å². The van der Waals surface area contributed by atoms with Gasteiger partial charge in [-0.15, -0.1) is 0 Å². The smallest absolute Gasteiger partial charge is 0.355 e. The summed E-state index contributed by atoms with van der Waals surface area (Å²) in [7, 11) is 4.14. The molecular formula is C24H33N3O6. The summed E-state index contributed by atoms with van der Waals surface area (Å²) in [5, 5.41) is 3.47. The van der Waals surface area contributed by atoms with E-state index in [-0.39, 0.29) is 24.6 Å². The number of nitrogens with zero attached hydrogens (tertiary/aromatic N) is 2. The van der Waals surface area contributed by atoms with Gasteiger partial charge in [-0.3, -0.25) is 0 Å². The van der Waals surface area contributed by atoms with Crippen molar-refractivity contribution in [1.29, 1.82) is 0 Å². The Labute approximate surface area is 194 Å². The molecule has 0 radical (unpaired) electrons. The van der Waals surface area contributed by atoms with Crippen molar-refractivity contribution in [2.75, 3.05) is 70.6 Å². The van der Waals surface area contributed by atoms with Gasteiger partial charge in [-0.25, -0.2) is 9.59 Å². The van der Waals surface area contributed by atoms with E-state index in [0.29, 0.717) is 16.9 Å². The largest absolute Gasteiger partial charge is 0.494 e. The molecule has 0 aromatic heterocycles. The fourth-order valence-electron chi connectivity index (χ4n) is 5.12. The van der Waals surface area contributed by atoms with Crippen molar-refractivity contribution in [3.05, 3.63) is 29.5 Å².